The number of carbonyl (C=O) groups is 2. The molecule has 12 heteroatoms. The summed E-state index contributed by atoms with van der Waals surface area (Å²) in [7, 11) is 1.56. The highest BCUT2D eigenvalue weighted by Gasteiger charge is 2.33. The lowest BCUT2D eigenvalue weighted by molar-refractivity contribution is -0.122. The van der Waals surface area contributed by atoms with E-state index < -0.39 is 0 Å². The Bertz CT molecular complexity index is 1250. The lowest BCUT2D eigenvalue weighted by Crippen LogP contribution is -2.49. The van der Waals surface area contributed by atoms with E-state index in [0.717, 1.165) is 17.3 Å². The van der Waals surface area contributed by atoms with Crippen molar-refractivity contribution in [2.45, 2.75) is 13.8 Å². The van der Waals surface area contributed by atoms with Crippen LogP contribution in [0.2, 0.25) is 0 Å². The number of thiocarbonyl (C=S) groups is 1. The molecule has 0 unspecified atom stereocenters. The quantitative estimate of drug-likeness (QED) is 0.422. The van der Waals surface area contributed by atoms with Gasteiger partial charge in [0.25, 0.3) is 11.5 Å². The van der Waals surface area contributed by atoms with Crippen LogP contribution in [0.3, 0.4) is 0 Å². The molecule has 2 saturated heterocycles. The number of fused-ring (bicyclic) bond motifs is 1. The molecule has 2 aromatic rings. The molecule has 186 valence electrons. The SMILES string of the molecule is CCOC(=O)N1CCN(c2nc3ccc(C)cn3c(=O)c2/C=C2/SC(=S)N(CCOC)C2=O)CC1. The third kappa shape index (κ3) is 5.19. The number of methoxy groups -OCH3 is 1. The van der Waals surface area contributed by atoms with Gasteiger partial charge in [-0.05, 0) is 31.6 Å². The number of amides is 2. The number of rotatable bonds is 6. The maximum absolute atomic E-state index is 13.6. The normalized spacial score (nSPS) is 17.7. The molecule has 0 N–H and O–H groups in total. The van der Waals surface area contributed by atoms with E-state index in [1.54, 1.807) is 37.3 Å². The average molecular weight is 518 g/mol. The smallest absolute Gasteiger partial charge is 0.409 e. The second-order valence-corrected chi connectivity index (χ2v) is 9.76. The number of piperazine rings is 1. The van der Waals surface area contributed by atoms with Crippen molar-refractivity contribution in [1.29, 1.82) is 0 Å². The first-order valence-corrected chi connectivity index (χ1v) is 12.5. The summed E-state index contributed by atoms with van der Waals surface area (Å²) in [6.45, 7) is 6.50. The summed E-state index contributed by atoms with van der Waals surface area (Å²) in [4.78, 5) is 49.0. The number of ether oxygens (including phenoxy) is 2. The van der Waals surface area contributed by atoms with Gasteiger partial charge in [0, 0.05) is 39.5 Å². The van der Waals surface area contributed by atoms with Crippen molar-refractivity contribution in [2.24, 2.45) is 0 Å². The van der Waals surface area contributed by atoms with E-state index in [2.05, 4.69) is 0 Å². The molecule has 0 aliphatic carbocycles. The van der Waals surface area contributed by atoms with Gasteiger partial charge in [0.2, 0.25) is 0 Å². The van der Waals surface area contributed by atoms with Gasteiger partial charge in [-0.3, -0.25) is 18.9 Å². The Morgan fingerprint density at radius 3 is 2.66 bits per heavy atom. The lowest BCUT2D eigenvalue weighted by atomic mass is 10.2. The van der Waals surface area contributed by atoms with Crippen molar-refractivity contribution < 1.29 is 19.1 Å². The Morgan fingerprint density at radius 1 is 1.23 bits per heavy atom. The summed E-state index contributed by atoms with van der Waals surface area (Å²) in [5.74, 6) is 0.216. The van der Waals surface area contributed by atoms with Crippen LogP contribution in [0.25, 0.3) is 11.7 Å². The van der Waals surface area contributed by atoms with Crippen LogP contribution in [0.1, 0.15) is 18.1 Å². The van der Waals surface area contributed by atoms with Crippen LogP contribution in [-0.4, -0.2) is 88.6 Å². The number of aromatic nitrogens is 2. The van der Waals surface area contributed by atoms with Crippen molar-refractivity contribution in [3.8, 4) is 0 Å². The maximum atomic E-state index is 13.6. The highest BCUT2D eigenvalue weighted by atomic mass is 32.2. The summed E-state index contributed by atoms with van der Waals surface area (Å²) in [6.07, 6.45) is 2.96. The van der Waals surface area contributed by atoms with Gasteiger partial charge in [0.15, 0.2) is 0 Å². The van der Waals surface area contributed by atoms with E-state index in [1.807, 2.05) is 17.9 Å². The van der Waals surface area contributed by atoms with Crippen LogP contribution in [0.15, 0.2) is 28.0 Å². The van der Waals surface area contributed by atoms with Crippen molar-refractivity contribution in [1.82, 2.24) is 19.2 Å². The molecule has 4 rings (SSSR count). The molecule has 0 radical (unpaired) electrons. The maximum Gasteiger partial charge on any atom is 0.409 e. The monoisotopic (exact) mass is 517 g/mol. The molecule has 0 spiro atoms. The molecule has 10 nitrogen and oxygen atoms in total. The third-order valence-corrected chi connectivity index (χ3v) is 7.14. The molecule has 0 aromatic carbocycles. The van der Waals surface area contributed by atoms with Gasteiger partial charge in [-0.15, -0.1) is 0 Å². The van der Waals surface area contributed by atoms with Crippen LogP contribution >= 0.6 is 24.0 Å². The zero-order valence-corrected chi connectivity index (χ0v) is 21.5. The number of anilines is 1. The molecule has 4 heterocycles. The molecule has 0 atom stereocenters. The van der Waals surface area contributed by atoms with Crippen LogP contribution in [0.5, 0.6) is 0 Å². The molecular weight excluding hydrogens is 490 g/mol. The fourth-order valence-corrected chi connectivity index (χ4v) is 5.23. The van der Waals surface area contributed by atoms with Gasteiger partial charge in [0.1, 0.15) is 15.8 Å². The minimum atomic E-state index is -0.353. The zero-order valence-electron chi connectivity index (χ0n) is 19.9. The van der Waals surface area contributed by atoms with Crippen molar-refractivity contribution in [2.75, 3.05) is 57.9 Å². The standard InChI is InChI=1S/C23H27N5O5S2/c1-4-33-22(31)26-9-7-25(8-10-26)19-16(20(29)28-14-15(2)5-6-18(28)24-19)13-17-21(30)27(11-12-32-3)23(34)35-17/h5-6,13-14H,4,7-12H2,1-3H3/b17-13+. The van der Waals surface area contributed by atoms with Crippen LogP contribution in [0.4, 0.5) is 10.6 Å². The molecule has 35 heavy (non-hydrogen) atoms. The number of pyridine rings is 1. The minimum absolute atomic E-state index is 0.260. The van der Waals surface area contributed by atoms with E-state index in [4.69, 9.17) is 26.7 Å². The number of hydrogen-bond donors (Lipinski definition) is 0. The number of aryl methyl sites for hydroxylation is 1. The van der Waals surface area contributed by atoms with E-state index in [9.17, 15) is 14.4 Å². The average Bonchev–Trinajstić information content (AvgIpc) is 3.12. The highest BCUT2D eigenvalue weighted by Crippen LogP contribution is 2.33. The van der Waals surface area contributed by atoms with Crippen molar-refractivity contribution >= 4 is 57.8 Å². The van der Waals surface area contributed by atoms with Crippen molar-refractivity contribution in [3.05, 3.63) is 44.7 Å². The molecular formula is C23H27N5O5S2. The predicted molar refractivity (Wildman–Crippen MR) is 139 cm³/mol. The Hall–Kier alpha value is -2.96. The topological polar surface area (TPSA) is 96.7 Å². The van der Waals surface area contributed by atoms with Crippen molar-refractivity contribution in [3.63, 3.8) is 0 Å². The first-order chi connectivity index (χ1) is 16.8. The minimum Gasteiger partial charge on any atom is -0.450 e. The largest absolute Gasteiger partial charge is 0.450 e. The summed E-state index contributed by atoms with van der Waals surface area (Å²) in [5, 5.41) is 0. The summed E-state index contributed by atoms with van der Waals surface area (Å²) in [6, 6.07) is 3.69. The molecule has 0 saturated carbocycles. The van der Waals surface area contributed by atoms with E-state index in [-0.39, 0.29) is 17.6 Å². The molecule has 2 fully saturated rings. The summed E-state index contributed by atoms with van der Waals surface area (Å²) >= 11 is 6.54. The fourth-order valence-electron chi connectivity index (χ4n) is 3.94. The lowest BCUT2D eigenvalue weighted by Gasteiger charge is -2.35. The number of hydrogen-bond acceptors (Lipinski definition) is 9. The van der Waals surface area contributed by atoms with E-state index in [0.29, 0.717) is 72.2 Å². The zero-order chi connectivity index (χ0) is 25.1. The molecule has 0 bridgehead atoms. The molecule has 2 aliphatic rings. The number of thioether (sulfide) groups is 1. The van der Waals surface area contributed by atoms with E-state index in [1.165, 1.54) is 9.30 Å². The van der Waals surface area contributed by atoms with E-state index >= 15 is 0 Å². The highest BCUT2D eigenvalue weighted by molar-refractivity contribution is 8.26. The van der Waals surface area contributed by atoms with Gasteiger partial charge in [-0.25, -0.2) is 9.78 Å². The second-order valence-electron chi connectivity index (χ2n) is 8.09. The Labute approximate surface area is 212 Å². The number of nitrogens with zero attached hydrogens (tertiary/aromatic N) is 5. The van der Waals surface area contributed by atoms with Gasteiger partial charge < -0.3 is 19.3 Å². The molecule has 2 amide bonds. The van der Waals surface area contributed by atoms with Crippen LogP contribution in [-0.2, 0) is 14.3 Å². The predicted octanol–water partition coefficient (Wildman–Crippen LogP) is 2.13. The Morgan fingerprint density at radius 2 is 1.97 bits per heavy atom. The van der Waals surface area contributed by atoms with Gasteiger partial charge in [-0.2, -0.15) is 0 Å². The van der Waals surface area contributed by atoms with Crippen LogP contribution in [0, 0.1) is 6.92 Å². The van der Waals surface area contributed by atoms with Gasteiger partial charge in [-0.1, -0.05) is 30.0 Å². The Balaban J connectivity index is 1.73. The summed E-state index contributed by atoms with van der Waals surface area (Å²) in [5.41, 5.74) is 1.45. The Kier molecular flexibility index (Phi) is 7.72. The summed E-state index contributed by atoms with van der Waals surface area (Å²) < 4.78 is 12.1. The van der Waals surface area contributed by atoms with Crippen LogP contribution < -0.4 is 10.5 Å². The first-order valence-electron chi connectivity index (χ1n) is 11.3. The van der Waals surface area contributed by atoms with Gasteiger partial charge >= 0.3 is 6.09 Å². The molecule has 2 aromatic heterocycles. The number of carbonyl (C=O) groups excluding carboxylic acids is 2. The first kappa shape index (κ1) is 25.1. The second kappa shape index (κ2) is 10.8. The third-order valence-electron chi connectivity index (χ3n) is 5.76. The fraction of sp³-hybridized carbons (Fsp3) is 0.435. The van der Waals surface area contributed by atoms with Gasteiger partial charge in [0.05, 0.1) is 30.2 Å². The molecule has 2 aliphatic heterocycles.